The van der Waals surface area contributed by atoms with Crippen molar-refractivity contribution in [2.75, 3.05) is 26.1 Å². The molecule has 2 amide bonds. The average Bonchev–Trinajstić information content (AvgIpc) is 2.42. The molecule has 1 aromatic carbocycles. The van der Waals surface area contributed by atoms with Crippen LogP contribution in [0.25, 0.3) is 0 Å². The largest absolute Gasteiger partial charge is 0.506 e. The van der Waals surface area contributed by atoms with Crippen molar-refractivity contribution in [2.45, 2.75) is 13.2 Å². The number of methoxy groups -OCH3 is 2. The number of benzene rings is 1. The van der Waals surface area contributed by atoms with Crippen molar-refractivity contribution in [3.05, 3.63) is 23.8 Å². The van der Waals surface area contributed by atoms with E-state index >= 15 is 0 Å². The third-order valence-corrected chi connectivity index (χ3v) is 2.56. The summed E-state index contributed by atoms with van der Waals surface area (Å²) in [6.45, 7) is 1.84. The number of aromatic hydroxyl groups is 1. The minimum atomic E-state index is -0.880. The molecule has 0 atom stereocenters. The second-order valence-electron chi connectivity index (χ2n) is 4.09. The molecule has 0 aliphatic heterocycles. The zero-order chi connectivity index (χ0) is 15.1. The summed E-state index contributed by atoms with van der Waals surface area (Å²) >= 11 is 0. The van der Waals surface area contributed by atoms with E-state index in [1.807, 2.05) is 0 Å². The fourth-order valence-corrected chi connectivity index (χ4v) is 1.45. The van der Waals surface area contributed by atoms with Crippen LogP contribution in [0.15, 0.2) is 18.2 Å². The van der Waals surface area contributed by atoms with Crippen LogP contribution in [0.5, 0.6) is 5.75 Å². The Morgan fingerprint density at radius 1 is 1.25 bits per heavy atom. The number of amides is 2. The lowest BCUT2D eigenvalue weighted by Gasteiger charge is -2.14. The van der Waals surface area contributed by atoms with Crippen LogP contribution in [-0.4, -0.2) is 44.0 Å². The molecule has 110 valence electrons. The number of anilines is 1. The number of aryl methyl sites for hydroxylation is 1. The van der Waals surface area contributed by atoms with Gasteiger partial charge in [-0.2, -0.15) is 0 Å². The van der Waals surface area contributed by atoms with E-state index < -0.39 is 18.1 Å². The van der Waals surface area contributed by atoms with Crippen LogP contribution in [0, 0.1) is 6.92 Å². The standard InChI is InChI=1S/C13H18N2O5/c1-8-4-5-9(10(16)6-8)15-13(18)12(17)14-7-11(19-2)20-3/h4-6,11,16H,7H2,1-3H3,(H,14,17)(H,15,18). The van der Waals surface area contributed by atoms with Gasteiger partial charge in [-0.15, -0.1) is 0 Å². The van der Waals surface area contributed by atoms with Crippen molar-refractivity contribution in [3.63, 3.8) is 0 Å². The van der Waals surface area contributed by atoms with E-state index in [-0.39, 0.29) is 18.0 Å². The van der Waals surface area contributed by atoms with Gasteiger partial charge in [0.1, 0.15) is 5.75 Å². The molecular formula is C13H18N2O5. The lowest BCUT2D eigenvalue weighted by molar-refractivity contribution is -0.139. The van der Waals surface area contributed by atoms with Gasteiger partial charge in [0.15, 0.2) is 6.29 Å². The monoisotopic (exact) mass is 282 g/mol. The Bertz CT molecular complexity index is 486. The van der Waals surface area contributed by atoms with Gasteiger partial charge < -0.3 is 25.2 Å². The molecule has 0 saturated heterocycles. The maximum atomic E-state index is 11.6. The number of hydrogen-bond acceptors (Lipinski definition) is 5. The molecule has 1 rings (SSSR count). The molecule has 20 heavy (non-hydrogen) atoms. The first-order valence-electron chi connectivity index (χ1n) is 5.92. The van der Waals surface area contributed by atoms with Crippen LogP contribution in [0.3, 0.4) is 0 Å². The first-order valence-corrected chi connectivity index (χ1v) is 5.92. The van der Waals surface area contributed by atoms with Gasteiger partial charge in [0.25, 0.3) is 0 Å². The molecular weight excluding hydrogens is 264 g/mol. The van der Waals surface area contributed by atoms with Gasteiger partial charge in [0.2, 0.25) is 0 Å². The molecule has 0 aromatic heterocycles. The van der Waals surface area contributed by atoms with Gasteiger partial charge in [-0.3, -0.25) is 9.59 Å². The number of nitrogens with one attached hydrogen (secondary N) is 2. The SMILES string of the molecule is COC(CNC(=O)C(=O)Nc1ccc(C)cc1O)OC. The molecule has 7 heteroatoms. The molecule has 7 nitrogen and oxygen atoms in total. The van der Waals surface area contributed by atoms with Crippen molar-refractivity contribution in [3.8, 4) is 5.75 Å². The Morgan fingerprint density at radius 2 is 1.90 bits per heavy atom. The third-order valence-electron chi connectivity index (χ3n) is 2.56. The lowest BCUT2D eigenvalue weighted by atomic mass is 10.2. The van der Waals surface area contributed by atoms with Crippen LogP contribution in [0.1, 0.15) is 5.56 Å². The van der Waals surface area contributed by atoms with E-state index in [9.17, 15) is 14.7 Å². The smallest absolute Gasteiger partial charge is 0.313 e. The Hall–Kier alpha value is -2.12. The van der Waals surface area contributed by atoms with Crippen molar-refractivity contribution >= 4 is 17.5 Å². The molecule has 0 unspecified atom stereocenters. The number of ether oxygens (including phenoxy) is 2. The average molecular weight is 282 g/mol. The first kappa shape index (κ1) is 15.9. The summed E-state index contributed by atoms with van der Waals surface area (Å²) in [5.41, 5.74) is 1.01. The van der Waals surface area contributed by atoms with Crippen LogP contribution in [0.4, 0.5) is 5.69 Å². The maximum absolute atomic E-state index is 11.6. The van der Waals surface area contributed by atoms with Crippen molar-refractivity contribution in [1.82, 2.24) is 5.32 Å². The van der Waals surface area contributed by atoms with Crippen molar-refractivity contribution in [1.29, 1.82) is 0 Å². The fourth-order valence-electron chi connectivity index (χ4n) is 1.45. The number of phenolic OH excluding ortho intramolecular Hbond substituents is 1. The summed E-state index contributed by atoms with van der Waals surface area (Å²) in [6, 6.07) is 4.71. The molecule has 0 fully saturated rings. The van der Waals surface area contributed by atoms with Crippen LogP contribution < -0.4 is 10.6 Å². The zero-order valence-electron chi connectivity index (χ0n) is 11.6. The van der Waals surface area contributed by atoms with Crippen molar-refractivity contribution < 1.29 is 24.2 Å². The topological polar surface area (TPSA) is 96.9 Å². The predicted octanol–water partition coefficient (Wildman–Crippen LogP) is 0.374. The molecule has 0 saturated carbocycles. The van der Waals surface area contributed by atoms with Gasteiger partial charge in [0.05, 0.1) is 12.2 Å². The second-order valence-corrected chi connectivity index (χ2v) is 4.09. The van der Waals surface area contributed by atoms with E-state index in [1.165, 1.54) is 26.4 Å². The molecule has 0 radical (unpaired) electrons. The summed E-state index contributed by atoms with van der Waals surface area (Å²) in [7, 11) is 2.84. The van der Waals surface area contributed by atoms with Crippen LogP contribution in [-0.2, 0) is 19.1 Å². The van der Waals surface area contributed by atoms with Crippen molar-refractivity contribution in [2.24, 2.45) is 0 Å². The highest BCUT2D eigenvalue weighted by atomic mass is 16.7. The Morgan fingerprint density at radius 3 is 2.45 bits per heavy atom. The van der Waals surface area contributed by atoms with E-state index in [0.29, 0.717) is 0 Å². The normalized spacial score (nSPS) is 10.4. The summed E-state index contributed by atoms with van der Waals surface area (Å²) in [6.07, 6.45) is -0.625. The van der Waals surface area contributed by atoms with E-state index in [2.05, 4.69) is 10.6 Å². The Labute approximate surface area is 116 Å². The molecule has 0 spiro atoms. The summed E-state index contributed by atoms with van der Waals surface area (Å²) < 4.78 is 9.74. The van der Waals surface area contributed by atoms with Gasteiger partial charge in [-0.25, -0.2) is 0 Å². The Kier molecular flexibility index (Phi) is 5.95. The maximum Gasteiger partial charge on any atom is 0.313 e. The Balaban J connectivity index is 2.55. The number of rotatable bonds is 5. The number of phenols is 1. The first-order chi connectivity index (χ1) is 9.47. The van der Waals surface area contributed by atoms with Gasteiger partial charge >= 0.3 is 11.8 Å². The summed E-state index contributed by atoms with van der Waals surface area (Å²) in [5, 5.41) is 14.3. The molecule has 0 heterocycles. The van der Waals surface area contributed by atoms with E-state index in [4.69, 9.17) is 9.47 Å². The van der Waals surface area contributed by atoms with Gasteiger partial charge in [0, 0.05) is 14.2 Å². The zero-order valence-corrected chi connectivity index (χ0v) is 11.6. The fraction of sp³-hybridized carbons (Fsp3) is 0.385. The number of carbonyl (C=O) groups excluding carboxylic acids is 2. The summed E-state index contributed by atoms with van der Waals surface area (Å²) in [4.78, 5) is 23.2. The van der Waals surface area contributed by atoms with Gasteiger partial charge in [-0.05, 0) is 24.6 Å². The van der Waals surface area contributed by atoms with Gasteiger partial charge in [-0.1, -0.05) is 6.07 Å². The highest BCUT2D eigenvalue weighted by molar-refractivity contribution is 6.39. The third kappa shape index (κ3) is 4.52. The molecule has 0 aliphatic carbocycles. The quantitative estimate of drug-likeness (QED) is 0.412. The van der Waals surface area contributed by atoms with E-state index in [0.717, 1.165) is 5.56 Å². The molecule has 0 bridgehead atoms. The molecule has 0 aliphatic rings. The van der Waals surface area contributed by atoms with E-state index in [1.54, 1.807) is 13.0 Å². The number of carbonyl (C=O) groups is 2. The minimum absolute atomic E-state index is 0.0408. The highest BCUT2D eigenvalue weighted by Crippen LogP contribution is 2.23. The second kappa shape index (κ2) is 7.46. The predicted molar refractivity (Wildman–Crippen MR) is 72.3 cm³/mol. The number of hydrogen-bond donors (Lipinski definition) is 3. The molecule has 1 aromatic rings. The lowest BCUT2D eigenvalue weighted by Crippen LogP contribution is -2.40. The van der Waals surface area contributed by atoms with Crippen LogP contribution >= 0.6 is 0 Å². The summed E-state index contributed by atoms with van der Waals surface area (Å²) in [5.74, 6) is -1.82. The molecule has 3 N–H and O–H groups in total. The highest BCUT2D eigenvalue weighted by Gasteiger charge is 2.16. The minimum Gasteiger partial charge on any atom is -0.506 e. The van der Waals surface area contributed by atoms with Crippen LogP contribution in [0.2, 0.25) is 0 Å².